The van der Waals surface area contributed by atoms with E-state index in [0.29, 0.717) is 30.9 Å². The summed E-state index contributed by atoms with van der Waals surface area (Å²) in [4.78, 5) is 64.9. The first-order chi connectivity index (χ1) is 23.5. The molecule has 1 fully saturated rings. The zero-order valence-electron chi connectivity index (χ0n) is 26.0. The molecule has 9 N–H and O–H groups in total. The van der Waals surface area contributed by atoms with Crippen LogP contribution in [0.3, 0.4) is 0 Å². The lowest BCUT2D eigenvalue weighted by molar-refractivity contribution is -0.170. The monoisotopic (exact) mass is 696 g/mol. The molecule has 3 heterocycles. The normalized spacial score (nSPS) is 13.8. The predicted octanol–water partition coefficient (Wildman–Crippen LogP) is 2.25. The van der Waals surface area contributed by atoms with Crippen LogP contribution < -0.4 is 21.8 Å². The van der Waals surface area contributed by atoms with E-state index in [1.54, 1.807) is 24.4 Å². The molecule has 18 heteroatoms. The van der Waals surface area contributed by atoms with E-state index in [4.69, 9.17) is 31.9 Å². The van der Waals surface area contributed by atoms with E-state index in [2.05, 4.69) is 14.9 Å². The van der Waals surface area contributed by atoms with Crippen molar-refractivity contribution in [2.45, 2.75) is 50.3 Å². The summed E-state index contributed by atoms with van der Waals surface area (Å²) in [5, 5.41) is 43.0. The van der Waals surface area contributed by atoms with Gasteiger partial charge >= 0.3 is 23.9 Å². The molecule has 2 aromatic heterocycles. The Morgan fingerprint density at radius 1 is 1.00 bits per heavy atom. The van der Waals surface area contributed by atoms with Gasteiger partial charge < -0.3 is 46.5 Å². The number of aromatic nitrogens is 3. The molecule has 0 bridgehead atoms. The van der Waals surface area contributed by atoms with Crippen molar-refractivity contribution in [3.8, 4) is 11.1 Å². The fourth-order valence-electron chi connectivity index (χ4n) is 5.76. The number of anilines is 3. The quantitative estimate of drug-likeness (QED) is 0.125. The van der Waals surface area contributed by atoms with Crippen molar-refractivity contribution in [3.05, 3.63) is 75.2 Å². The Hall–Kier alpha value is -6.17. The second kappa shape index (κ2) is 13.4. The first-order valence-corrected chi connectivity index (χ1v) is 14.9. The first-order valence-electron chi connectivity index (χ1n) is 14.9. The van der Waals surface area contributed by atoms with Gasteiger partial charge in [0, 0.05) is 42.8 Å². The molecule has 16 nitrogen and oxygen atoms in total. The third kappa shape index (κ3) is 7.00. The van der Waals surface area contributed by atoms with Gasteiger partial charge in [-0.2, -0.15) is 4.98 Å². The van der Waals surface area contributed by atoms with Crippen molar-refractivity contribution < 1.29 is 53.5 Å². The smallest absolute Gasteiger partial charge is 0.341 e. The number of carbonyl (C=O) groups is 4. The lowest BCUT2D eigenvalue weighted by Gasteiger charge is -2.20. The number of aromatic carboxylic acids is 1. The molecular formula is C32H30F2N6O10. The fourth-order valence-corrected chi connectivity index (χ4v) is 5.76. The fraction of sp³-hybridized carbons (Fsp3) is 0.281. The molecule has 0 amide bonds. The van der Waals surface area contributed by atoms with E-state index in [9.17, 15) is 29.1 Å². The summed E-state index contributed by atoms with van der Waals surface area (Å²) in [5.41, 5.74) is 9.96. The third-order valence-corrected chi connectivity index (χ3v) is 8.30. The highest BCUT2D eigenvalue weighted by atomic mass is 19.1. The molecule has 0 atom stereocenters. The number of pyridine rings is 1. The van der Waals surface area contributed by atoms with Gasteiger partial charge in [0.25, 0.3) is 0 Å². The van der Waals surface area contributed by atoms with Crippen LogP contribution in [0.25, 0.3) is 22.0 Å². The molecule has 6 rings (SSSR count). The number of halogens is 2. The van der Waals surface area contributed by atoms with E-state index < -0.39 is 64.9 Å². The van der Waals surface area contributed by atoms with Crippen LogP contribution in [0, 0.1) is 11.6 Å². The van der Waals surface area contributed by atoms with E-state index in [1.807, 2.05) is 0 Å². The minimum absolute atomic E-state index is 0.0742. The number of nitrogens with zero attached hydrogens (tertiary/aromatic N) is 4. The Kier molecular flexibility index (Phi) is 9.41. The number of nitrogens with two attached hydrogens (primary N) is 2. The third-order valence-electron chi connectivity index (χ3n) is 8.30. The summed E-state index contributed by atoms with van der Waals surface area (Å²) in [6.07, 6.45) is 2.57. The number of hydrogen-bond donors (Lipinski definition) is 7. The Labute approximate surface area is 279 Å². The molecule has 1 aliphatic carbocycles. The maximum Gasteiger partial charge on any atom is 0.341 e. The molecule has 1 aliphatic heterocycles. The van der Waals surface area contributed by atoms with Crippen molar-refractivity contribution >= 4 is 52.2 Å². The second-order valence-electron chi connectivity index (χ2n) is 11.9. The average molecular weight is 697 g/mol. The molecule has 1 saturated carbocycles. The van der Waals surface area contributed by atoms with Gasteiger partial charge in [-0.1, -0.05) is 6.07 Å². The van der Waals surface area contributed by atoms with E-state index in [0.717, 1.165) is 35.7 Å². The number of carboxylic acids is 4. The lowest BCUT2D eigenvalue weighted by atomic mass is 9.96. The number of hydrogen-bond acceptors (Lipinski definition) is 11. The molecule has 262 valence electrons. The summed E-state index contributed by atoms with van der Waals surface area (Å²) in [5.74, 6) is -7.86. The first kappa shape index (κ1) is 35.1. The van der Waals surface area contributed by atoms with Gasteiger partial charge in [-0.25, -0.2) is 23.4 Å². The summed E-state index contributed by atoms with van der Waals surface area (Å²) in [6.45, 7) is 1.13. The highest BCUT2D eigenvalue weighted by Gasteiger charge is 2.41. The van der Waals surface area contributed by atoms with Crippen LogP contribution in [0.15, 0.2) is 41.5 Å². The van der Waals surface area contributed by atoms with Gasteiger partial charge in [-0.3, -0.25) is 14.4 Å². The van der Waals surface area contributed by atoms with Gasteiger partial charge in [0.05, 0.1) is 29.3 Å². The van der Waals surface area contributed by atoms with Crippen LogP contribution in [-0.2, 0) is 27.3 Å². The van der Waals surface area contributed by atoms with Crippen LogP contribution in [0.5, 0.6) is 0 Å². The molecule has 0 spiro atoms. The molecule has 0 radical (unpaired) electrons. The Balaban J connectivity index is 0.000000320. The van der Waals surface area contributed by atoms with E-state index in [1.165, 1.54) is 10.8 Å². The molecule has 2 aliphatic rings. The number of aliphatic carboxylic acids is 3. The van der Waals surface area contributed by atoms with Gasteiger partial charge in [0.15, 0.2) is 11.4 Å². The summed E-state index contributed by atoms with van der Waals surface area (Å²) in [6, 6.07) is 6.00. The van der Waals surface area contributed by atoms with Crippen LogP contribution in [0.4, 0.5) is 26.2 Å². The number of aliphatic hydroxyl groups is 1. The van der Waals surface area contributed by atoms with Gasteiger partial charge in [-0.05, 0) is 48.6 Å². The predicted molar refractivity (Wildman–Crippen MR) is 171 cm³/mol. The molecule has 50 heavy (non-hydrogen) atoms. The average Bonchev–Trinajstić information content (AvgIpc) is 3.79. The maximum atomic E-state index is 16.0. The van der Waals surface area contributed by atoms with Crippen LogP contribution in [-0.4, -0.2) is 76.1 Å². The second-order valence-corrected chi connectivity index (χ2v) is 11.9. The van der Waals surface area contributed by atoms with Crippen molar-refractivity contribution in [2.75, 3.05) is 22.9 Å². The number of fused-ring (bicyclic) bond motifs is 2. The molecule has 4 aromatic rings. The van der Waals surface area contributed by atoms with E-state index >= 15 is 8.78 Å². The number of carboxylic acid groups (broad SMARTS) is 4. The minimum Gasteiger partial charge on any atom is -0.481 e. The number of benzene rings is 2. The topological polar surface area (TPSA) is 272 Å². The Morgan fingerprint density at radius 2 is 1.66 bits per heavy atom. The van der Waals surface area contributed by atoms with Gasteiger partial charge in [0.1, 0.15) is 17.2 Å². The SMILES string of the molecule is Nc1ncc(CN2CCc3cc(-c4c(F)cc5c(=O)c(C(=O)O)cn(C6CC6)c5c4F)ccc32)c(N)n1.O=C(O)CC(O)(CC(=O)O)C(=O)O. The molecule has 0 saturated heterocycles. The van der Waals surface area contributed by atoms with Crippen molar-refractivity contribution in [1.82, 2.24) is 14.5 Å². The van der Waals surface area contributed by atoms with Gasteiger partial charge in [-0.15, -0.1) is 0 Å². The maximum absolute atomic E-state index is 16.0. The molecule has 0 unspecified atom stereocenters. The lowest BCUT2D eigenvalue weighted by Crippen LogP contribution is -2.42. The Morgan fingerprint density at radius 3 is 2.22 bits per heavy atom. The van der Waals surface area contributed by atoms with Crippen molar-refractivity contribution in [1.29, 1.82) is 0 Å². The van der Waals surface area contributed by atoms with Crippen molar-refractivity contribution in [2.24, 2.45) is 0 Å². The molecular weight excluding hydrogens is 666 g/mol. The summed E-state index contributed by atoms with van der Waals surface area (Å²) >= 11 is 0. The molecule has 2 aromatic carbocycles. The van der Waals surface area contributed by atoms with Crippen LogP contribution in [0.1, 0.15) is 53.2 Å². The zero-order valence-corrected chi connectivity index (χ0v) is 26.0. The zero-order chi connectivity index (χ0) is 36.7. The standard InChI is InChI=1S/C26H22F2N6O3.C6H8O7/c27-18-8-16-22(34(15-2-3-15)11-17(23(16)35)25(36)37)21(28)20(18)13-1-4-19-12(7-13)5-6-33(19)10-14-9-31-26(30)32-24(14)29;7-3(8)1-6(13,5(11)12)2-4(9)10/h1,4,7-9,11,15H,2-3,5-6,10H2,(H,36,37)(H4,29,30,31,32);13H,1-2H2,(H,7,8)(H,9,10)(H,11,12). The highest BCUT2D eigenvalue weighted by molar-refractivity contribution is 5.94. The van der Waals surface area contributed by atoms with E-state index in [-0.39, 0.29) is 28.5 Å². The Bertz CT molecular complexity index is 2120. The van der Waals surface area contributed by atoms with Crippen LogP contribution >= 0.6 is 0 Å². The number of rotatable bonds is 10. The minimum atomic E-state index is -2.74. The van der Waals surface area contributed by atoms with Crippen molar-refractivity contribution in [3.63, 3.8) is 0 Å². The number of nitrogen functional groups attached to an aromatic ring is 2. The highest BCUT2D eigenvalue weighted by Crippen LogP contribution is 2.41. The summed E-state index contributed by atoms with van der Waals surface area (Å²) in [7, 11) is 0. The van der Waals surface area contributed by atoms with Gasteiger partial charge in [0.2, 0.25) is 11.4 Å². The summed E-state index contributed by atoms with van der Waals surface area (Å²) < 4.78 is 32.8. The largest absolute Gasteiger partial charge is 0.481 e. The van der Waals surface area contributed by atoms with Crippen LogP contribution in [0.2, 0.25) is 0 Å².